The number of amides is 3. The number of nitrogens with one attached hydrogen (secondary N) is 2. The van der Waals surface area contributed by atoms with Crippen LogP contribution in [0.15, 0.2) is 45.8 Å². The number of aromatic nitrogens is 1. The molecule has 0 radical (unpaired) electrons. The summed E-state index contributed by atoms with van der Waals surface area (Å²) in [5, 5.41) is 16.5. The molecule has 0 bridgehead atoms. The van der Waals surface area contributed by atoms with Crippen molar-refractivity contribution >= 4 is 33.3 Å². The molecule has 5 rings (SSSR count). The average Bonchev–Trinajstić information content (AvgIpc) is 3.59. The van der Waals surface area contributed by atoms with E-state index in [0.29, 0.717) is 17.2 Å². The summed E-state index contributed by atoms with van der Waals surface area (Å²) in [5.74, 6) is 0.801. The first-order chi connectivity index (χ1) is 20.9. The van der Waals surface area contributed by atoms with Crippen molar-refractivity contribution < 1.29 is 41.8 Å². The lowest BCUT2D eigenvalue weighted by Gasteiger charge is -2.38. The van der Waals surface area contributed by atoms with Crippen LogP contribution < -0.4 is 24.2 Å². The van der Waals surface area contributed by atoms with Crippen molar-refractivity contribution in [3.05, 3.63) is 53.4 Å². The van der Waals surface area contributed by atoms with Gasteiger partial charge in [0.25, 0.3) is 15.9 Å². The summed E-state index contributed by atoms with van der Waals surface area (Å²) in [6.07, 6.45) is -0.562. The molecule has 0 aliphatic carbocycles. The van der Waals surface area contributed by atoms with Crippen molar-refractivity contribution in [1.82, 2.24) is 15.0 Å². The molecule has 3 atom stereocenters. The molecule has 0 saturated carbocycles. The van der Waals surface area contributed by atoms with Gasteiger partial charge in [0.1, 0.15) is 17.5 Å². The van der Waals surface area contributed by atoms with Crippen molar-refractivity contribution in [2.75, 3.05) is 43.6 Å². The highest BCUT2D eigenvalue weighted by atomic mass is 32.2. The summed E-state index contributed by atoms with van der Waals surface area (Å²) < 4.78 is 50.8. The number of carbonyl (C=O) groups excluding carboxylic acids is 2. The fraction of sp³-hybridized carbons (Fsp3) is 0.414. The van der Waals surface area contributed by atoms with Crippen molar-refractivity contribution in [3.8, 4) is 17.2 Å². The molecule has 236 valence electrons. The summed E-state index contributed by atoms with van der Waals surface area (Å²) in [7, 11) is -2.45. The molecule has 3 amide bonds. The number of nitrogens with zero attached hydrogens (tertiary/aromatic N) is 3. The number of urea groups is 1. The quantitative estimate of drug-likeness (QED) is 0.336. The van der Waals surface area contributed by atoms with Gasteiger partial charge in [-0.15, -0.1) is 0 Å². The Morgan fingerprint density at radius 1 is 1.14 bits per heavy atom. The second-order valence-electron chi connectivity index (χ2n) is 11.0. The molecule has 0 unspecified atom stereocenters. The van der Waals surface area contributed by atoms with Crippen LogP contribution in [0.1, 0.15) is 35.7 Å². The molecule has 3 heterocycles. The normalized spacial score (nSPS) is 18.5. The first-order valence-corrected chi connectivity index (χ1v) is 15.5. The number of hydrogen-bond donors (Lipinski definition) is 3. The molecule has 2 aromatic carbocycles. The van der Waals surface area contributed by atoms with Gasteiger partial charge in [-0.05, 0) is 51.1 Å². The number of rotatable bonds is 8. The number of likely N-dealkylation sites (N-methyl/N-ethyl adjacent to an activating group) is 1. The smallest absolute Gasteiger partial charge is 0.321 e. The Kier molecular flexibility index (Phi) is 8.61. The van der Waals surface area contributed by atoms with Crippen molar-refractivity contribution in [2.45, 2.75) is 44.7 Å². The van der Waals surface area contributed by atoms with Gasteiger partial charge < -0.3 is 39.0 Å². The lowest BCUT2D eigenvalue weighted by molar-refractivity contribution is 0.0371. The van der Waals surface area contributed by atoms with Gasteiger partial charge in [0.05, 0.1) is 24.8 Å². The molecular weight excluding hydrogens is 594 g/mol. The highest BCUT2D eigenvalue weighted by molar-refractivity contribution is 7.92. The third-order valence-corrected chi connectivity index (χ3v) is 9.20. The zero-order valence-corrected chi connectivity index (χ0v) is 25.8. The second kappa shape index (κ2) is 12.2. The maximum absolute atomic E-state index is 13.8. The number of carbonyl (C=O) groups is 2. The van der Waals surface area contributed by atoms with E-state index in [-0.39, 0.29) is 71.8 Å². The Morgan fingerprint density at radius 2 is 1.84 bits per heavy atom. The van der Waals surface area contributed by atoms with Crippen molar-refractivity contribution in [2.24, 2.45) is 5.92 Å². The predicted molar refractivity (Wildman–Crippen MR) is 159 cm³/mol. The van der Waals surface area contributed by atoms with Crippen LogP contribution in [-0.2, 0) is 10.0 Å². The van der Waals surface area contributed by atoms with Gasteiger partial charge in [0, 0.05) is 37.0 Å². The zero-order chi connectivity index (χ0) is 31.8. The molecule has 2 aliphatic heterocycles. The molecule has 3 N–H and O–H groups in total. The number of fused-ring (bicyclic) bond motifs is 2. The monoisotopic (exact) mass is 629 g/mol. The number of anilines is 2. The van der Waals surface area contributed by atoms with Crippen LogP contribution in [0.2, 0.25) is 0 Å². The third-order valence-electron chi connectivity index (χ3n) is 7.58. The van der Waals surface area contributed by atoms with Gasteiger partial charge in [-0.25, -0.2) is 13.2 Å². The molecule has 2 aliphatic rings. The number of benzene rings is 2. The van der Waals surface area contributed by atoms with Gasteiger partial charge in [0.2, 0.25) is 6.79 Å². The molecule has 0 saturated heterocycles. The molecular formula is C29H35N5O9S. The minimum absolute atomic E-state index is 0.0849. The van der Waals surface area contributed by atoms with Gasteiger partial charge in [-0.1, -0.05) is 12.1 Å². The van der Waals surface area contributed by atoms with E-state index in [1.165, 1.54) is 41.8 Å². The molecule has 15 heteroatoms. The Bertz CT molecular complexity index is 1660. The minimum Gasteiger partial charge on any atom is -0.487 e. The molecule has 0 spiro atoms. The number of ether oxygens (including phenoxy) is 3. The van der Waals surface area contributed by atoms with Gasteiger partial charge >= 0.3 is 6.03 Å². The Labute approximate surface area is 254 Å². The van der Waals surface area contributed by atoms with E-state index in [2.05, 4.69) is 15.2 Å². The van der Waals surface area contributed by atoms with Crippen LogP contribution in [-0.4, -0.2) is 86.1 Å². The lowest BCUT2D eigenvalue weighted by Crippen LogP contribution is -2.50. The number of hydrogen-bond acceptors (Lipinski definition) is 10. The van der Waals surface area contributed by atoms with E-state index >= 15 is 0 Å². The maximum atomic E-state index is 13.8. The van der Waals surface area contributed by atoms with Crippen LogP contribution in [0.4, 0.5) is 16.2 Å². The van der Waals surface area contributed by atoms with Crippen LogP contribution in [0.5, 0.6) is 17.2 Å². The second-order valence-corrected chi connectivity index (χ2v) is 12.6. The molecule has 14 nitrogen and oxygen atoms in total. The van der Waals surface area contributed by atoms with E-state index < -0.39 is 28.1 Å². The lowest BCUT2D eigenvalue weighted by atomic mass is 9.99. The van der Waals surface area contributed by atoms with Crippen LogP contribution >= 0.6 is 0 Å². The number of sulfonamides is 1. The topological polar surface area (TPSA) is 173 Å². The van der Waals surface area contributed by atoms with Gasteiger partial charge in [-0.2, -0.15) is 0 Å². The standard InChI is InChI=1S/C29H35N5O9S/c1-16-12-34(17(2)14-35)28(36)22-10-21(32-44(38,39)27-18(3)31-43-19(27)4)7-8-23(22)42-26(16)13-33(5)29(37)30-20-6-9-24-25(11-20)41-15-40-24/h6-11,16-17,26,32,35H,12-15H2,1-5H3,(H,30,37)/t16-,17+,26-/m1/s1. The largest absolute Gasteiger partial charge is 0.487 e. The molecule has 44 heavy (non-hydrogen) atoms. The van der Waals surface area contributed by atoms with E-state index in [9.17, 15) is 23.1 Å². The SMILES string of the molecule is Cc1noc(C)c1S(=O)(=O)Nc1ccc2c(c1)C(=O)N([C@@H](C)CO)C[C@@H](C)[C@@H](CN(C)C(=O)Nc1ccc3c(c1)OCO3)O2. The summed E-state index contributed by atoms with van der Waals surface area (Å²) >= 11 is 0. The van der Waals surface area contributed by atoms with E-state index in [1.807, 2.05) is 6.92 Å². The summed E-state index contributed by atoms with van der Waals surface area (Å²) in [5.41, 5.74) is 0.964. The first-order valence-electron chi connectivity index (χ1n) is 14.0. The highest BCUT2D eigenvalue weighted by Gasteiger charge is 2.35. The van der Waals surface area contributed by atoms with Gasteiger partial charge in [-0.3, -0.25) is 9.52 Å². The fourth-order valence-corrected chi connectivity index (χ4v) is 6.50. The minimum atomic E-state index is -4.08. The Morgan fingerprint density at radius 3 is 2.55 bits per heavy atom. The number of aliphatic hydroxyl groups is 1. The van der Waals surface area contributed by atoms with Crippen molar-refractivity contribution in [1.29, 1.82) is 0 Å². The van der Waals surface area contributed by atoms with E-state index in [4.69, 9.17) is 18.7 Å². The first kappa shape index (κ1) is 30.9. The predicted octanol–water partition coefficient (Wildman–Crippen LogP) is 3.20. The Balaban J connectivity index is 1.39. The fourth-order valence-electron chi connectivity index (χ4n) is 5.11. The molecule has 3 aromatic rings. The zero-order valence-electron chi connectivity index (χ0n) is 25.0. The van der Waals surface area contributed by atoms with Crippen LogP contribution in [0.3, 0.4) is 0 Å². The van der Waals surface area contributed by atoms with E-state index in [0.717, 1.165) is 0 Å². The summed E-state index contributed by atoms with van der Waals surface area (Å²) in [6.45, 7) is 6.85. The van der Waals surface area contributed by atoms with Gasteiger partial charge in [0.15, 0.2) is 22.2 Å². The Hall–Kier alpha value is -4.50. The summed E-state index contributed by atoms with van der Waals surface area (Å²) in [4.78, 5) is 29.8. The van der Waals surface area contributed by atoms with Crippen molar-refractivity contribution in [3.63, 3.8) is 0 Å². The number of aryl methyl sites for hydroxylation is 2. The highest BCUT2D eigenvalue weighted by Crippen LogP contribution is 2.35. The molecule has 1 aromatic heterocycles. The van der Waals surface area contributed by atoms with E-state index in [1.54, 1.807) is 32.2 Å². The average molecular weight is 630 g/mol. The number of aliphatic hydroxyl groups excluding tert-OH is 1. The maximum Gasteiger partial charge on any atom is 0.321 e. The van der Waals surface area contributed by atoms with Crippen LogP contribution in [0, 0.1) is 19.8 Å². The third kappa shape index (κ3) is 6.24. The summed E-state index contributed by atoms with van der Waals surface area (Å²) in [6, 6.07) is 8.57. The van der Waals surface area contributed by atoms with Crippen LogP contribution in [0.25, 0.3) is 0 Å². The molecule has 0 fully saturated rings.